The molecule has 2 aromatic rings. The molecular formula is C18H29N5S. The number of piperazine rings is 1. The predicted octanol–water partition coefficient (Wildman–Crippen LogP) is 2.90. The third-order valence-electron chi connectivity index (χ3n) is 5.12. The lowest BCUT2D eigenvalue weighted by Gasteiger charge is -2.34. The van der Waals surface area contributed by atoms with Crippen LogP contribution in [-0.4, -0.2) is 66.1 Å². The number of likely N-dealkylation sites (N-methyl/N-ethyl adjacent to an activating group) is 1. The average molecular weight is 348 g/mol. The lowest BCUT2D eigenvalue weighted by molar-refractivity contribution is 0.288. The van der Waals surface area contributed by atoms with Gasteiger partial charge in [-0.25, -0.2) is 9.97 Å². The fraction of sp³-hybridized carbons (Fsp3) is 0.667. The smallest absolute Gasteiger partial charge is 0.146 e. The first-order chi connectivity index (χ1) is 11.5. The van der Waals surface area contributed by atoms with Gasteiger partial charge >= 0.3 is 0 Å². The molecule has 0 spiro atoms. The highest BCUT2D eigenvalue weighted by Gasteiger charge is 2.22. The summed E-state index contributed by atoms with van der Waals surface area (Å²) in [4.78, 5) is 19.6. The molecular weight excluding hydrogens is 318 g/mol. The summed E-state index contributed by atoms with van der Waals surface area (Å²) in [5, 5.41) is 1.27. The molecule has 1 aliphatic heterocycles. The molecule has 0 radical (unpaired) electrons. The van der Waals surface area contributed by atoms with Crippen LogP contribution in [-0.2, 0) is 6.54 Å². The minimum absolute atomic E-state index is 0.833. The maximum Gasteiger partial charge on any atom is 0.146 e. The van der Waals surface area contributed by atoms with Gasteiger partial charge in [-0.3, -0.25) is 4.90 Å². The molecule has 0 aromatic carbocycles. The largest absolute Gasteiger partial charge is 0.353 e. The second kappa shape index (κ2) is 7.33. The molecule has 1 fully saturated rings. The first-order valence-electron chi connectivity index (χ1n) is 8.95. The number of nitrogens with zero attached hydrogens (tertiary/aromatic N) is 5. The monoisotopic (exact) mass is 347 g/mol. The van der Waals surface area contributed by atoms with Crippen LogP contribution < -0.4 is 4.90 Å². The van der Waals surface area contributed by atoms with Crippen molar-refractivity contribution in [2.24, 2.45) is 0 Å². The molecule has 0 aliphatic carbocycles. The van der Waals surface area contributed by atoms with Gasteiger partial charge in [0, 0.05) is 31.1 Å². The number of thiophene rings is 1. The van der Waals surface area contributed by atoms with Gasteiger partial charge in [-0.05, 0) is 39.5 Å². The number of aromatic nitrogens is 2. The van der Waals surface area contributed by atoms with Crippen LogP contribution in [0.1, 0.15) is 30.1 Å². The van der Waals surface area contributed by atoms with Gasteiger partial charge < -0.3 is 9.80 Å². The third-order valence-corrected chi connectivity index (χ3v) is 6.22. The van der Waals surface area contributed by atoms with Crippen molar-refractivity contribution >= 4 is 27.4 Å². The van der Waals surface area contributed by atoms with Gasteiger partial charge in [-0.2, -0.15) is 0 Å². The van der Waals surface area contributed by atoms with Gasteiger partial charge in [0.05, 0.1) is 11.9 Å². The molecule has 5 nitrogen and oxygen atoms in total. The van der Waals surface area contributed by atoms with E-state index in [4.69, 9.17) is 9.97 Å². The van der Waals surface area contributed by atoms with E-state index in [1.54, 1.807) is 0 Å². The van der Waals surface area contributed by atoms with Crippen molar-refractivity contribution in [1.82, 2.24) is 19.8 Å². The van der Waals surface area contributed by atoms with E-state index in [1.165, 1.54) is 15.8 Å². The zero-order chi connectivity index (χ0) is 17.3. The Morgan fingerprint density at radius 3 is 2.33 bits per heavy atom. The summed E-state index contributed by atoms with van der Waals surface area (Å²) in [6.45, 7) is 16.0. The van der Waals surface area contributed by atoms with Gasteiger partial charge in [0.2, 0.25) is 0 Å². The molecule has 0 bridgehead atoms. The summed E-state index contributed by atoms with van der Waals surface area (Å²) in [5.74, 6) is 2.11. The van der Waals surface area contributed by atoms with Gasteiger partial charge in [0.25, 0.3) is 0 Å². The van der Waals surface area contributed by atoms with E-state index in [-0.39, 0.29) is 0 Å². The Morgan fingerprint density at radius 1 is 1.04 bits per heavy atom. The Labute approximate surface area is 149 Å². The Balaban J connectivity index is 2.03. The number of fused-ring (bicyclic) bond motifs is 1. The van der Waals surface area contributed by atoms with E-state index < -0.39 is 0 Å². The lowest BCUT2D eigenvalue weighted by atomic mass is 10.2. The molecule has 0 unspecified atom stereocenters. The summed E-state index contributed by atoms with van der Waals surface area (Å²) in [6.07, 6.45) is 0. The number of aryl methyl sites for hydroxylation is 2. The number of hydrogen-bond donors (Lipinski definition) is 0. The van der Waals surface area contributed by atoms with Crippen LogP contribution in [0.4, 0.5) is 5.82 Å². The quantitative estimate of drug-likeness (QED) is 0.831. The maximum atomic E-state index is 5.02. The zero-order valence-corrected chi connectivity index (χ0v) is 16.4. The Bertz CT molecular complexity index is 699. The van der Waals surface area contributed by atoms with Gasteiger partial charge in [-0.15, -0.1) is 11.3 Å². The van der Waals surface area contributed by atoms with Crippen LogP contribution in [0, 0.1) is 13.8 Å². The normalized spacial score (nSPS) is 16.5. The molecule has 0 amide bonds. The second-order valence-corrected chi connectivity index (χ2v) is 7.88. The average Bonchev–Trinajstić information content (AvgIpc) is 2.87. The Morgan fingerprint density at radius 2 is 1.71 bits per heavy atom. The summed E-state index contributed by atoms with van der Waals surface area (Å²) in [5.41, 5.74) is 1.35. The van der Waals surface area contributed by atoms with Crippen molar-refractivity contribution in [3.05, 3.63) is 16.3 Å². The molecule has 0 N–H and O–H groups in total. The zero-order valence-electron chi connectivity index (χ0n) is 15.6. The van der Waals surface area contributed by atoms with E-state index in [9.17, 15) is 0 Å². The van der Waals surface area contributed by atoms with Crippen molar-refractivity contribution < 1.29 is 0 Å². The molecule has 0 saturated carbocycles. The van der Waals surface area contributed by atoms with E-state index in [1.807, 2.05) is 11.3 Å². The van der Waals surface area contributed by atoms with E-state index in [0.29, 0.717) is 0 Å². The molecule has 3 rings (SSSR count). The first-order valence-corrected chi connectivity index (χ1v) is 9.77. The fourth-order valence-corrected chi connectivity index (χ4v) is 4.28. The van der Waals surface area contributed by atoms with Crippen molar-refractivity contribution in [3.63, 3.8) is 0 Å². The van der Waals surface area contributed by atoms with Crippen molar-refractivity contribution in [2.45, 2.75) is 34.2 Å². The molecule has 3 heterocycles. The third kappa shape index (κ3) is 3.41. The van der Waals surface area contributed by atoms with Gasteiger partial charge in [0.1, 0.15) is 16.5 Å². The molecule has 24 heavy (non-hydrogen) atoms. The van der Waals surface area contributed by atoms with Crippen LogP contribution in [0.15, 0.2) is 0 Å². The fourth-order valence-electron chi connectivity index (χ4n) is 3.24. The van der Waals surface area contributed by atoms with Crippen LogP contribution in [0.2, 0.25) is 0 Å². The standard InChI is InChI=1S/C18H29N5S/c1-6-22(7-2)12-15-19-17(23-10-8-21(5)9-11-23)16-13(3)14(4)24-18(16)20-15/h6-12H2,1-5H3. The van der Waals surface area contributed by atoms with Gasteiger partial charge in [0.15, 0.2) is 0 Å². The second-order valence-electron chi connectivity index (χ2n) is 6.68. The topological polar surface area (TPSA) is 35.5 Å². The Kier molecular flexibility index (Phi) is 5.37. The maximum absolute atomic E-state index is 5.02. The highest BCUT2D eigenvalue weighted by molar-refractivity contribution is 7.18. The summed E-state index contributed by atoms with van der Waals surface area (Å²) < 4.78 is 0. The molecule has 1 aliphatic rings. The van der Waals surface area contributed by atoms with E-state index >= 15 is 0 Å². The number of anilines is 1. The van der Waals surface area contributed by atoms with E-state index in [2.05, 4.69) is 49.4 Å². The SMILES string of the molecule is CCN(CC)Cc1nc(N2CCN(C)CC2)c2c(C)c(C)sc2n1. The minimum Gasteiger partial charge on any atom is -0.353 e. The van der Waals surface area contributed by atoms with Crippen molar-refractivity contribution in [1.29, 1.82) is 0 Å². The molecule has 132 valence electrons. The van der Waals surface area contributed by atoms with Crippen LogP contribution in [0.5, 0.6) is 0 Å². The molecule has 6 heteroatoms. The summed E-state index contributed by atoms with van der Waals surface area (Å²) in [6, 6.07) is 0. The number of hydrogen-bond acceptors (Lipinski definition) is 6. The van der Waals surface area contributed by atoms with Crippen LogP contribution >= 0.6 is 11.3 Å². The van der Waals surface area contributed by atoms with Gasteiger partial charge in [-0.1, -0.05) is 13.8 Å². The lowest BCUT2D eigenvalue weighted by Crippen LogP contribution is -2.45. The minimum atomic E-state index is 0.833. The van der Waals surface area contributed by atoms with E-state index in [0.717, 1.165) is 62.3 Å². The molecule has 2 aromatic heterocycles. The summed E-state index contributed by atoms with van der Waals surface area (Å²) >= 11 is 1.81. The first kappa shape index (κ1) is 17.6. The van der Waals surface area contributed by atoms with Crippen molar-refractivity contribution in [3.8, 4) is 0 Å². The van der Waals surface area contributed by atoms with Crippen molar-refractivity contribution in [2.75, 3.05) is 51.2 Å². The number of rotatable bonds is 5. The molecule has 0 atom stereocenters. The predicted molar refractivity (Wildman–Crippen MR) is 103 cm³/mol. The summed E-state index contributed by atoms with van der Waals surface area (Å²) in [7, 11) is 2.19. The highest BCUT2D eigenvalue weighted by atomic mass is 32.1. The highest BCUT2D eigenvalue weighted by Crippen LogP contribution is 2.35. The van der Waals surface area contributed by atoms with Crippen LogP contribution in [0.25, 0.3) is 10.2 Å². The van der Waals surface area contributed by atoms with Crippen LogP contribution in [0.3, 0.4) is 0 Å². The Hall–Kier alpha value is -1.24. The molecule has 1 saturated heterocycles.